The average Bonchev–Trinajstić information content (AvgIpc) is 3.08. The molecule has 3 aromatic rings. The molecule has 0 aliphatic carbocycles. The van der Waals surface area contributed by atoms with E-state index in [2.05, 4.69) is 27.5 Å². The fourth-order valence-corrected chi connectivity index (χ4v) is 2.16. The normalized spacial score (nSPS) is 10.4. The Balaban J connectivity index is 1.58. The van der Waals surface area contributed by atoms with Crippen LogP contribution in [0, 0.1) is 0 Å². The van der Waals surface area contributed by atoms with Gasteiger partial charge in [0.15, 0.2) is 0 Å². The van der Waals surface area contributed by atoms with Crippen LogP contribution in [0.5, 0.6) is 0 Å². The molecule has 1 aromatic heterocycles. The molecule has 0 bridgehead atoms. The topological polar surface area (TPSA) is 59.8 Å². The van der Waals surface area contributed by atoms with Crippen LogP contribution in [0.2, 0.25) is 0 Å². The molecule has 0 fully saturated rings. The number of aryl methyl sites for hydroxylation is 1. The van der Waals surface area contributed by atoms with Gasteiger partial charge >= 0.3 is 0 Å². The molecule has 0 atom stereocenters. The minimum absolute atomic E-state index is 0.0389. The monoisotopic (exact) mass is 292 g/mol. The van der Waals surface area contributed by atoms with Crippen LogP contribution in [0.3, 0.4) is 0 Å². The largest absolute Gasteiger partial charge is 0.326 e. The van der Waals surface area contributed by atoms with Crippen molar-refractivity contribution in [2.24, 2.45) is 0 Å². The van der Waals surface area contributed by atoms with Gasteiger partial charge in [-0.05, 0) is 23.3 Å². The summed E-state index contributed by atoms with van der Waals surface area (Å²) in [7, 11) is 0. The van der Waals surface area contributed by atoms with Crippen molar-refractivity contribution in [3.8, 4) is 11.1 Å². The first kappa shape index (κ1) is 14.0. The van der Waals surface area contributed by atoms with Crippen molar-refractivity contribution in [2.75, 3.05) is 5.32 Å². The number of hydrogen-bond acceptors (Lipinski definition) is 3. The fraction of sp³-hybridized carbons (Fsp3) is 0.118. The van der Waals surface area contributed by atoms with Crippen LogP contribution in [-0.4, -0.2) is 20.7 Å². The molecule has 0 saturated heterocycles. The lowest BCUT2D eigenvalue weighted by atomic mass is 10.1. The molecular weight excluding hydrogens is 276 g/mol. The van der Waals surface area contributed by atoms with E-state index in [1.165, 1.54) is 6.33 Å². The zero-order valence-corrected chi connectivity index (χ0v) is 12.0. The molecule has 22 heavy (non-hydrogen) atoms. The van der Waals surface area contributed by atoms with Crippen LogP contribution in [0.4, 0.5) is 5.69 Å². The third-order valence-corrected chi connectivity index (χ3v) is 3.31. The average molecular weight is 292 g/mol. The highest BCUT2D eigenvalue weighted by Gasteiger charge is 2.04. The second kappa shape index (κ2) is 6.67. The smallest absolute Gasteiger partial charge is 0.226 e. The van der Waals surface area contributed by atoms with Crippen LogP contribution in [-0.2, 0) is 11.3 Å². The predicted molar refractivity (Wildman–Crippen MR) is 85.1 cm³/mol. The highest BCUT2D eigenvalue weighted by atomic mass is 16.1. The number of benzene rings is 2. The van der Waals surface area contributed by atoms with Crippen LogP contribution in [0.1, 0.15) is 6.42 Å². The summed E-state index contributed by atoms with van der Waals surface area (Å²) >= 11 is 0. The van der Waals surface area contributed by atoms with Gasteiger partial charge in [-0.3, -0.25) is 9.48 Å². The Kier molecular flexibility index (Phi) is 4.25. The molecule has 1 heterocycles. The number of nitrogens with one attached hydrogen (secondary N) is 1. The van der Waals surface area contributed by atoms with Crippen molar-refractivity contribution in [1.29, 1.82) is 0 Å². The number of carbonyl (C=O) groups is 1. The molecule has 1 N–H and O–H groups in total. The Morgan fingerprint density at radius 3 is 2.41 bits per heavy atom. The molecule has 0 aliphatic heterocycles. The van der Waals surface area contributed by atoms with Crippen molar-refractivity contribution in [3.05, 3.63) is 67.3 Å². The van der Waals surface area contributed by atoms with Gasteiger partial charge in [0.2, 0.25) is 5.91 Å². The maximum atomic E-state index is 11.9. The molecule has 0 spiro atoms. The van der Waals surface area contributed by atoms with Gasteiger partial charge in [0, 0.05) is 12.1 Å². The van der Waals surface area contributed by atoms with Crippen LogP contribution in [0.15, 0.2) is 67.3 Å². The summed E-state index contributed by atoms with van der Waals surface area (Å²) in [6.07, 6.45) is 3.42. The minimum atomic E-state index is -0.0389. The van der Waals surface area contributed by atoms with Gasteiger partial charge in [0.1, 0.15) is 12.7 Å². The number of amides is 1. The summed E-state index contributed by atoms with van der Waals surface area (Å²) in [6.45, 7) is 0.522. The van der Waals surface area contributed by atoms with E-state index >= 15 is 0 Å². The maximum absolute atomic E-state index is 11.9. The highest BCUT2D eigenvalue weighted by Crippen LogP contribution is 2.21. The van der Waals surface area contributed by atoms with E-state index in [0.29, 0.717) is 13.0 Å². The Morgan fingerprint density at radius 2 is 1.73 bits per heavy atom. The van der Waals surface area contributed by atoms with E-state index in [-0.39, 0.29) is 5.91 Å². The minimum Gasteiger partial charge on any atom is -0.326 e. The molecule has 0 saturated carbocycles. The molecule has 3 rings (SSSR count). The fourth-order valence-electron chi connectivity index (χ4n) is 2.16. The van der Waals surface area contributed by atoms with E-state index in [1.54, 1.807) is 11.0 Å². The van der Waals surface area contributed by atoms with Gasteiger partial charge in [0.25, 0.3) is 0 Å². The van der Waals surface area contributed by atoms with Gasteiger partial charge in [0.05, 0.1) is 6.54 Å². The van der Waals surface area contributed by atoms with Gasteiger partial charge in [-0.25, -0.2) is 4.98 Å². The summed E-state index contributed by atoms with van der Waals surface area (Å²) in [5.41, 5.74) is 3.08. The van der Waals surface area contributed by atoms with Gasteiger partial charge in [-0.2, -0.15) is 5.10 Å². The summed E-state index contributed by atoms with van der Waals surface area (Å²) in [5, 5.41) is 6.85. The van der Waals surface area contributed by atoms with Crippen molar-refractivity contribution in [2.45, 2.75) is 13.0 Å². The second-order valence-corrected chi connectivity index (χ2v) is 4.90. The van der Waals surface area contributed by atoms with E-state index in [1.807, 2.05) is 42.5 Å². The molecule has 2 aromatic carbocycles. The van der Waals surface area contributed by atoms with Crippen LogP contribution in [0.25, 0.3) is 11.1 Å². The Labute approximate surface area is 128 Å². The van der Waals surface area contributed by atoms with Gasteiger partial charge in [-0.1, -0.05) is 42.5 Å². The third kappa shape index (κ3) is 3.58. The second-order valence-electron chi connectivity index (χ2n) is 4.90. The molecule has 5 nitrogen and oxygen atoms in total. The lowest BCUT2D eigenvalue weighted by molar-refractivity contribution is -0.116. The lowest BCUT2D eigenvalue weighted by Gasteiger charge is -2.07. The number of carbonyl (C=O) groups excluding carboxylic acids is 1. The zero-order valence-electron chi connectivity index (χ0n) is 12.0. The Hall–Kier alpha value is -2.95. The molecular formula is C17H16N4O. The number of anilines is 1. The number of rotatable bonds is 5. The summed E-state index contributed by atoms with van der Waals surface area (Å²) in [5.74, 6) is -0.0389. The Morgan fingerprint density at radius 1 is 1.00 bits per heavy atom. The van der Waals surface area contributed by atoms with Gasteiger partial charge < -0.3 is 5.32 Å². The summed E-state index contributed by atoms with van der Waals surface area (Å²) < 4.78 is 1.64. The lowest BCUT2D eigenvalue weighted by Crippen LogP contribution is -2.14. The zero-order chi connectivity index (χ0) is 15.2. The van der Waals surface area contributed by atoms with E-state index < -0.39 is 0 Å². The first-order chi connectivity index (χ1) is 10.8. The first-order valence-electron chi connectivity index (χ1n) is 7.09. The number of hydrogen-bond donors (Lipinski definition) is 1. The van der Waals surface area contributed by atoms with Crippen LogP contribution >= 0.6 is 0 Å². The summed E-state index contributed by atoms with van der Waals surface area (Å²) in [4.78, 5) is 15.7. The predicted octanol–water partition coefficient (Wildman–Crippen LogP) is 2.97. The Bertz CT molecular complexity index is 721. The molecule has 1 amide bonds. The van der Waals surface area contributed by atoms with E-state index in [4.69, 9.17) is 0 Å². The third-order valence-electron chi connectivity index (χ3n) is 3.31. The maximum Gasteiger partial charge on any atom is 0.226 e. The molecule has 0 radical (unpaired) electrons. The van der Waals surface area contributed by atoms with Crippen molar-refractivity contribution >= 4 is 11.6 Å². The first-order valence-corrected chi connectivity index (χ1v) is 7.09. The van der Waals surface area contributed by atoms with Crippen molar-refractivity contribution < 1.29 is 4.79 Å². The number of nitrogens with zero attached hydrogens (tertiary/aromatic N) is 3. The quantitative estimate of drug-likeness (QED) is 0.786. The van der Waals surface area contributed by atoms with Gasteiger partial charge in [-0.15, -0.1) is 0 Å². The molecule has 5 heteroatoms. The molecule has 110 valence electrons. The van der Waals surface area contributed by atoms with Crippen molar-refractivity contribution in [3.63, 3.8) is 0 Å². The number of aromatic nitrogens is 3. The standard InChI is InChI=1S/C17H16N4O/c22-17(10-11-21-13-18-12-19-21)20-16-8-6-15(7-9-16)14-4-2-1-3-5-14/h1-9,12-13H,10-11H2,(H,20,22). The molecule has 0 unspecified atom stereocenters. The highest BCUT2D eigenvalue weighted by molar-refractivity contribution is 5.90. The summed E-state index contributed by atoms with van der Waals surface area (Å²) in [6, 6.07) is 18.0. The SMILES string of the molecule is O=C(CCn1cncn1)Nc1ccc(-c2ccccc2)cc1. The van der Waals surface area contributed by atoms with Crippen molar-refractivity contribution in [1.82, 2.24) is 14.8 Å². The molecule has 0 aliphatic rings. The van der Waals surface area contributed by atoms with E-state index in [0.717, 1.165) is 16.8 Å². The van der Waals surface area contributed by atoms with E-state index in [9.17, 15) is 4.79 Å². The van der Waals surface area contributed by atoms with Crippen LogP contribution < -0.4 is 5.32 Å².